The molecule has 2 aliphatic heterocycles. The van der Waals surface area contributed by atoms with Crippen LogP contribution in [0.3, 0.4) is 0 Å². The number of hydrogen-bond acceptors (Lipinski definition) is 9. The molecule has 1 saturated heterocycles. The van der Waals surface area contributed by atoms with Gasteiger partial charge in [-0.25, -0.2) is 4.79 Å². The van der Waals surface area contributed by atoms with Gasteiger partial charge in [-0.2, -0.15) is 5.10 Å². The van der Waals surface area contributed by atoms with E-state index < -0.39 is 29.2 Å². The van der Waals surface area contributed by atoms with Gasteiger partial charge >= 0.3 is 5.97 Å². The Labute approximate surface area is 184 Å². The summed E-state index contributed by atoms with van der Waals surface area (Å²) in [5, 5.41) is 25.0. The van der Waals surface area contributed by atoms with Gasteiger partial charge in [0.05, 0.1) is 11.3 Å². The largest absolute Gasteiger partial charge is 0.477 e. The zero-order valence-corrected chi connectivity index (χ0v) is 18.7. The topological polar surface area (TPSA) is 130 Å². The second-order valence-electron chi connectivity index (χ2n) is 6.80. The van der Waals surface area contributed by atoms with Gasteiger partial charge in [-0.1, -0.05) is 23.1 Å². The van der Waals surface area contributed by atoms with Crippen LogP contribution in [-0.2, 0) is 16.6 Å². The third kappa shape index (κ3) is 3.72. The van der Waals surface area contributed by atoms with E-state index in [4.69, 9.17) is 0 Å². The summed E-state index contributed by atoms with van der Waals surface area (Å²) >= 11 is 4.29. The molecule has 2 aromatic rings. The number of carbonyl (C=O) groups excluding carboxylic acids is 2. The number of rotatable bonds is 6. The fraction of sp³-hybridized carbons (Fsp3) is 0.412. The Morgan fingerprint density at radius 2 is 2.13 bits per heavy atom. The molecule has 0 aliphatic carbocycles. The van der Waals surface area contributed by atoms with Crippen LogP contribution in [0.1, 0.15) is 21.1 Å². The first kappa shape index (κ1) is 20.9. The average molecular weight is 467 g/mol. The number of amides is 2. The zero-order chi connectivity index (χ0) is 21.6. The van der Waals surface area contributed by atoms with Gasteiger partial charge in [0.1, 0.15) is 22.1 Å². The maximum Gasteiger partial charge on any atom is 0.352 e. The Kier molecular flexibility index (Phi) is 5.59. The summed E-state index contributed by atoms with van der Waals surface area (Å²) in [6.07, 6.45) is 1.59. The molecule has 158 valence electrons. The van der Waals surface area contributed by atoms with E-state index >= 15 is 0 Å². The van der Waals surface area contributed by atoms with Gasteiger partial charge in [0, 0.05) is 24.8 Å². The van der Waals surface area contributed by atoms with Gasteiger partial charge in [-0.15, -0.1) is 22.0 Å². The van der Waals surface area contributed by atoms with Crippen LogP contribution < -0.4 is 5.32 Å². The molecule has 2 N–H and O–H groups in total. The van der Waals surface area contributed by atoms with Crippen molar-refractivity contribution >= 4 is 52.6 Å². The Morgan fingerprint density at radius 3 is 2.73 bits per heavy atom. The molecule has 30 heavy (non-hydrogen) atoms. The minimum absolute atomic E-state index is 0.000504. The van der Waals surface area contributed by atoms with E-state index in [9.17, 15) is 19.5 Å². The lowest BCUT2D eigenvalue weighted by Crippen LogP contribution is -2.70. The van der Waals surface area contributed by atoms with E-state index in [1.165, 1.54) is 44.4 Å². The molecule has 4 heterocycles. The predicted octanol–water partition coefficient (Wildman–Crippen LogP) is 1.03. The number of aromatic nitrogens is 4. The van der Waals surface area contributed by atoms with Crippen molar-refractivity contribution in [1.29, 1.82) is 0 Å². The van der Waals surface area contributed by atoms with Gasteiger partial charge in [0.2, 0.25) is 0 Å². The number of nitrogens with one attached hydrogen (secondary N) is 1. The van der Waals surface area contributed by atoms with Crippen LogP contribution in [0.2, 0.25) is 0 Å². The molecule has 10 nitrogen and oxygen atoms in total. The highest BCUT2D eigenvalue weighted by molar-refractivity contribution is 8.01. The molecule has 13 heteroatoms. The Morgan fingerprint density at radius 1 is 1.37 bits per heavy atom. The summed E-state index contributed by atoms with van der Waals surface area (Å²) in [4.78, 5) is 38.5. The van der Waals surface area contributed by atoms with Crippen molar-refractivity contribution in [1.82, 2.24) is 30.2 Å². The van der Waals surface area contributed by atoms with Crippen LogP contribution in [0.4, 0.5) is 0 Å². The van der Waals surface area contributed by atoms with E-state index in [1.54, 1.807) is 20.2 Å². The summed E-state index contributed by atoms with van der Waals surface area (Å²) < 4.78 is 2.28. The van der Waals surface area contributed by atoms with Gasteiger partial charge in [0.25, 0.3) is 11.8 Å². The van der Waals surface area contributed by atoms with E-state index in [-0.39, 0.29) is 5.70 Å². The first-order valence-corrected chi connectivity index (χ1v) is 11.8. The van der Waals surface area contributed by atoms with Crippen molar-refractivity contribution < 1.29 is 19.5 Å². The van der Waals surface area contributed by atoms with Crippen LogP contribution in [0, 0.1) is 13.8 Å². The molecule has 0 saturated carbocycles. The Hall–Kier alpha value is -2.38. The molecule has 0 aromatic carbocycles. The molecule has 2 atom stereocenters. The van der Waals surface area contributed by atoms with Crippen LogP contribution in [0.15, 0.2) is 21.8 Å². The molecular weight excluding hydrogens is 448 g/mol. The SMILES string of the molecule is Cc1nnc(SCC2=C(C(=O)O)N3C(=O)C(NC(=O)c4cn(C)nc4C)C3SC2)s1. The van der Waals surface area contributed by atoms with Crippen LogP contribution in [0.5, 0.6) is 0 Å². The number of carboxylic acid groups (broad SMARTS) is 1. The van der Waals surface area contributed by atoms with Crippen LogP contribution in [0.25, 0.3) is 0 Å². The number of thioether (sulfide) groups is 2. The van der Waals surface area contributed by atoms with E-state index in [2.05, 4.69) is 20.6 Å². The van der Waals surface area contributed by atoms with Crippen molar-refractivity contribution in [3.63, 3.8) is 0 Å². The number of carbonyl (C=O) groups is 3. The lowest BCUT2D eigenvalue weighted by molar-refractivity contribution is -0.148. The zero-order valence-electron chi connectivity index (χ0n) is 16.3. The maximum atomic E-state index is 12.7. The summed E-state index contributed by atoms with van der Waals surface area (Å²) in [5.74, 6) is -1.10. The third-order valence-electron chi connectivity index (χ3n) is 4.67. The molecular formula is C17H18N6O4S3. The summed E-state index contributed by atoms with van der Waals surface area (Å²) in [5.41, 5.74) is 1.61. The first-order chi connectivity index (χ1) is 14.3. The lowest BCUT2D eigenvalue weighted by atomic mass is 10.0. The minimum atomic E-state index is -1.15. The molecule has 4 rings (SSSR count). The molecule has 0 radical (unpaired) electrons. The highest BCUT2D eigenvalue weighted by Crippen LogP contribution is 2.41. The second kappa shape index (κ2) is 8.04. The summed E-state index contributed by atoms with van der Waals surface area (Å²) in [6.45, 7) is 3.57. The number of carboxylic acids is 1. The van der Waals surface area contributed by atoms with E-state index in [1.807, 2.05) is 6.92 Å². The molecule has 0 spiro atoms. The number of β-lactam (4-membered cyclic amide) rings is 1. The van der Waals surface area contributed by atoms with E-state index in [0.717, 1.165) is 9.35 Å². The first-order valence-electron chi connectivity index (χ1n) is 8.90. The number of hydrogen-bond donors (Lipinski definition) is 2. The van der Waals surface area contributed by atoms with Crippen molar-refractivity contribution in [2.75, 3.05) is 11.5 Å². The number of nitrogens with zero attached hydrogens (tertiary/aromatic N) is 5. The Balaban J connectivity index is 1.49. The van der Waals surface area contributed by atoms with Gasteiger partial charge in [-0.3, -0.25) is 19.2 Å². The fourth-order valence-corrected chi connectivity index (χ4v) is 6.62. The Bertz CT molecular complexity index is 1080. The van der Waals surface area contributed by atoms with Crippen molar-refractivity contribution in [3.05, 3.63) is 33.7 Å². The molecule has 2 amide bonds. The molecule has 2 aliphatic rings. The number of aliphatic carboxylic acids is 1. The quantitative estimate of drug-likeness (QED) is 0.473. The van der Waals surface area contributed by atoms with Crippen molar-refractivity contribution in [2.24, 2.45) is 7.05 Å². The summed E-state index contributed by atoms with van der Waals surface area (Å²) in [7, 11) is 1.71. The van der Waals surface area contributed by atoms with E-state index in [0.29, 0.717) is 28.3 Å². The molecule has 1 fully saturated rings. The molecule has 2 unspecified atom stereocenters. The lowest BCUT2D eigenvalue weighted by Gasteiger charge is -2.49. The normalized spacial score (nSPS) is 20.8. The predicted molar refractivity (Wildman–Crippen MR) is 112 cm³/mol. The van der Waals surface area contributed by atoms with Gasteiger partial charge in [-0.05, 0) is 19.4 Å². The minimum Gasteiger partial charge on any atom is -0.477 e. The summed E-state index contributed by atoms with van der Waals surface area (Å²) in [6, 6.07) is -0.767. The highest BCUT2D eigenvalue weighted by atomic mass is 32.2. The standard InChI is InChI=1S/C17H18N6O4S3/c1-7-10(4-22(3)21-7)13(24)18-11-14(25)23-12(16(26)27)9(5-28-15(11)23)6-29-17-20-19-8(2)30-17/h4,11,15H,5-6H2,1-3H3,(H,18,24)(H,26,27). The van der Waals surface area contributed by atoms with Crippen LogP contribution in [-0.4, -0.2) is 70.7 Å². The van der Waals surface area contributed by atoms with Crippen LogP contribution >= 0.6 is 34.9 Å². The van der Waals surface area contributed by atoms with Gasteiger partial charge in [0.15, 0.2) is 4.34 Å². The maximum absolute atomic E-state index is 12.7. The smallest absolute Gasteiger partial charge is 0.352 e. The second-order valence-corrected chi connectivity index (χ2v) is 10.3. The van der Waals surface area contributed by atoms with Crippen molar-refractivity contribution in [2.45, 2.75) is 29.6 Å². The fourth-order valence-electron chi connectivity index (χ4n) is 3.32. The number of fused-ring (bicyclic) bond motifs is 1. The number of aryl methyl sites for hydroxylation is 3. The highest BCUT2D eigenvalue weighted by Gasteiger charge is 2.54. The third-order valence-corrected chi connectivity index (χ3v) is 8.07. The molecule has 2 aromatic heterocycles. The molecule has 0 bridgehead atoms. The van der Waals surface area contributed by atoms with Crippen molar-refractivity contribution in [3.8, 4) is 0 Å². The average Bonchev–Trinajstić information content (AvgIpc) is 3.27. The monoisotopic (exact) mass is 466 g/mol. The van der Waals surface area contributed by atoms with Gasteiger partial charge < -0.3 is 10.4 Å².